The molecule has 11 nitrogen and oxygen atoms in total. The average Bonchev–Trinajstić information content (AvgIpc) is 3.65. The van der Waals surface area contributed by atoms with Gasteiger partial charge < -0.3 is 49.6 Å². The molecule has 7 rings (SSSR count). The molecule has 0 unspecified atom stereocenters. The zero-order valence-corrected chi connectivity index (χ0v) is 30.5. The van der Waals surface area contributed by atoms with Gasteiger partial charge in [-0.05, 0) is 105 Å². The summed E-state index contributed by atoms with van der Waals surface area (Å²) in [4.78, 5) is 12.1. The number of rotatable bonds is 6. The third-order valence-electron chi connectivity index (χ3n) is 15.6. The van der Waals surface area contributed by atoms with Gasteiger partial charge in [-0.2, -0.15) is 0 Å². The Morgan fingerprint density at radius 1 is 0.959 bits per heavy atom. The Balaban J connectivity index is 1.14. The number of carbonyl (C=O) groups is 1. The topological polar surface area (TPSA) is 175 Å². The summed E-state index contributed by atoms with van der Waals surface area (Å²) in [5.74, 6) is 0.868. The first-order valence-electron chi connectivity index (χ1n) is 18.7. The lowest BCUT2D eigenvalue weighted by molar-refractivity contribution is -0.326. The maximum atomic E-state index is 12.5. The van der Waals surface area contributed by atoms with Crippen molar-refractivity contribution in [2.45, 2.75) is 167 Å². The molecule has 2 spiro atoms. The van der Waals surface area contributed by atoms with Crippen molar-refractivity contribution in [2.75, 3.05) is 6.61 Å². The van der Waals surface area contributed by atoms with Crippen molar-refractivity contribution in [1.82, 2.24) is 0 Å². The molecule has 49 heavy (non-hydrogen) atoms. The second-order valence-electron chi connectivity index (χ2n) is 18.6. The lowest BCUT2D eigenvalue weighted by Gasteiger charge is -2.63. The van der Waals surface area contributed by atoms with E-state index in [1.54, 1.807) is 13.8 Å². The van der Waals surface area contributed by atoms with Crippen molar-refractivity contribution in [2.24, 2.45) is 44.8 Å². The Morgan fingerprint density at radius 2 is 1.61 bits per heavy atom. The van der Waals surface area contributed by atoms with Crippen molar-refractivity contribution in [3.63, 3.8) is 0 Å². The second-order valence-corrected chi connectivity index (χ2v) is 18.6. The average molecular weight is 693 g/mol. The van der Waals surface area contributed by atoms with Crippen molar-refractivity contribution in [3.05, 3.63) is 11.3 Å². The first-order valence-corrected chi connectivity index (χ1v) is 18.7. The Hall–Kier alpha value is -1.31. The van der Waals surface area contributed by atoms with Crippen LogP contribution in [0.15, 0.2) is 11.3 Å². The molecular formula is C38H60O11. The van der Waals surface area contributed by atoms with Gasteiger partial charge >= 0.3 is 5.97 Å². The predicted octanol–water partition coefficient (Wildman–Crippen LogP) is 2.96. The largest absolute Gasteiger partial charge is 0.488 e. The van der Waals surface area contributed by atoms with Gasteiger partial charge in [-0.15, -0.1) is 0 Å². The van der Waals surface area contributed by atoms with Crippen molar-refractivity contribution >= 4 is 5.97 Å². The number of fused-ring (bicyclic) bond motifs is 3. The fourth-order valence-corrected chi connectivity index (χ4v) is 13.3. The van der Waals surface area contributed by atoms with Crippen LogP contribution in [0.4, 0.5) is 0 Å². The third kappa shape index (κ3) is 4.71. The lowest BCUT2D eigenvalue weighted by Crippen LogP contribution is -2.62. The van der Waals surface area contributed by atoms with Gasteiger partial charge in [0.2, 0.25) is 0 Å². The molecule has 4 saturated carbocycles. The van der Waals surface area contributed by atoms with Crippen molar-refractivity contribution in [1.29, 1.82) is 0 Å². The van der Waals surface area contributed by atoms with Crippen LogP contribution in [0.5, 0.6) is 0 Å². The van der Waals surface area contributed by atoms with E-state index in [1.807, 2.05) is 0 Å². The summed E-state index contributed by atoms with van der Waals surface area (Å²) in [6, 6.07) is 0. The number of allylic oxidation sites excluding steroid dienone is 1. The molecule has 0 aromatic carbocycles. The van der Waals surface area contributed by atoms with E-state index in [0.29, 0.717) is 18.1 Å². The standard InChI is InChI=1S/C38H60O11/c1-18-15-20(31(34(5,6)45)46-19(2)40)47-29-25(18)35(7)13-14-38-17-37(38)12-11-24(49-32-28(43)27(42)26(41)21(16-39)48-32)33(3,4)22(37)9-10-23(38)36(35,8)30(29)44/h18,20-24,26-28,30-32,39,41-45H,9-17H2,1-8H3/t18-,20-,21-,22+,23+,24+,26+,27+,28-,30-,31-,32+,35-,36-,37-,38+/m1/s1. The Labute approximate surface area is 290 Å². The monoisotopic (exact) mass is 692 g/mol. The number of aliphatic hydroxyl groups is 6. The molecule has 278 valence electrons. The molecule has 0 bridgehead atoms. The Morgan fingerprint density at radius 3 is 2.24 bits per heavy atom. The van der Waals surface area contributed by atoms with E-state index in [1.165, 1.54) is 12.5 Å². The number of ether oxygens (including phenoxy) is 4. The Bertz CT molecular complexity index is 1370. The van der Waals surface area contributed by atoms with Crippen molar-refractivity contribution < 1.29 is 54.4 Å². The van der Waals surface area contributed by atoms with E-state index in [9.17, 15) is 35.4 Å². The van der Waals surface area contributed by atoms with E-state index >= 15 is 0 Å². The van der Waals surface area contributed by atoms with Crippen LogP contribution in [0.2, 0.25) is 0 Å². The Kier molecular flexibility index (Phi) is 8.35. The maximum Gasteiger partial charge on any atom is 0.303 e. The molecule has 16 atom stereocenters. The smallest absolute Gasteiger partial charge is 0.303 e. The molecule has 11 heteroatoms. The van der Waals surface area contributed by atoms with E-state index in [4.69, 9.17) is 18.9 Å². The van der Waals surface area contributed by atoms with Crippen LogP contribution in [0, 0.1) is 44.8 Å². The molecule has 5 aliphatic carbocycles. The maximum absolute atomic E-state index is 12.5. The zero-order chi connectivity index (χ0) is 35.9. The zero-order valence-electron chi connectivity index (χ0n) is 30.5. The minimum Gasteiger partial charge on any atom is -0.488 e. The molecule has 1 saturated heterocycles. The van der Waals surface area contributed by atoms with Gasteiger partial charge in [0.05, 0.1) is 18.3 Å². The first-order chi connectivity index (χ1) is 22.7. The highest BCUT2D eigenvalue weighted by Crippen LogP contribution is 2.89. The summed E-state index contributed by atoms with van der Waals surface area (Å²) in [6.45, 7) is 15.4. The molecule has 0 radical (unpaired) electrons. The van der Waals surface area contributed by atoms with E-state index in [0.717, 1.165) is 44.9 Å². The number of hydrogen-bond donors (Lipinski definition) is 6. The molecule has 0 aromatic rings. The molecule has 2 aliphatic heterocycles. The molecule has 7 aliphatic rings. The normalized spacial score (nSPS) is 52.1. The summed E-state index contributed by atoms with van der Waals surface area (Å²) >= 11 is 0. The van der Waals surface area contributed by atoms with Gasteiger partial charge in [0.25, 0.3) is 0 Å². The fraction of sp³-hybridized carbons (Fsp3) is 0.921. The van der Waals surface area contributed by atoms with E-state index in [-0.39, 0.29) is 39.6 Å². The molecule has 0 aromatic heterocycles. The molecule has 0 amide bonds. The van der Waals surface area contributed by atoms with Crippen LogP contribution in [-0.4, -0.2) is 104 Å². The highest BCUT2D eigenvalue weighted by atomic mass is 16.7. The third-order valence-corrected chi connectivity index (χ3v) is 15.6. The summed E-state index contributed by atoms with van der Waals surface area (Å²) in [7, 11) is 0. The van der Waals surface area contributed by atoms with E-state index < -0.39 is 72.6 Å². The number of hydrogen-bond acceptors (Lipinski definition) is 11. The number of aliphatic hydroxyl groups excluding tert-OH is 5. The second kappa shape index (κ2) is 11.3. The molecule has 6 N–H and O–H groups in total. The summed E-state index contributed by atoms with van der Waals surface area (Å²) < 4.78 is 24.6. The highest BCUT2D eigenvalue weighted by molar-refractivity contribution is 5.66. The van der Waals surface area contributed by atoms with Gasteiger partial charge in [0.1, 0.15) is 42.4 Å². The number of carbonyl (C=O) groups excluding carboxylic acids is 1. The SMILES string of the molecule is CC(=O)O[C@H]([C@H]1C[C@@H](C)C2=C(O1)[C@@H](O)[C@@]1(C)[C@@H]3CC[C@H]4C(C)(C)[C@@H](O[C@@H]5O[C@H](CO)[C@H](O)[C@H](O)[C@H]5O)CC[C@@]45C[C@@]35CC[C@]21C)C(C)(C)O. The summed E-state index contributed by atoms with van der Waals surface area (Å²) in [6.07, 6.45) is -1.61. The van der Waals surface area contributed by atoms with Crippen LogP contribution in [0.1, 0.15) is 107 Å². The summed E-state index contributed by atoms with van der Waals surface area (Å²) in [5.41, 5.74) is -0.915. The van der Waals surface area contributed by atoms with Gasteiger partial charge in [0, 0.05) is 17.8 Å². The van der Waals surface area contributed by atoms with Gasteiger partial charge in [0.15, 0.2) is 12.4 Å². The first kappa shape index (κ1) is 36.1. The lowest BCUT2D eigenvalue weighted by atomic mass is 9.41. The van der Waals surface area contributed by atoms with Crippen LogP contribution in [-0.2, 0) is 23.7 Å². The van der Waals surface area contributed by atoms with Gasteiger partial charge in [-0.1, -0.05) is 34.6 Å². The van der Waals surface area contributed by atoms with E-state index in [2.05, 4.69) is 34.6 Å². The number of esters is 1. The van der Waals surface area contributed by atoms with Crippen LogP contribution in [0.25, 0.3) is 0 Å². The molecular weight excluding hydrogens is 632 g/mol. The predicted molar refractivity (Wildman–Crippen MR) is 176 cm³/mol. The molecule has 5 fully saturated rings. The fourth-order valence-electron chi connectivity index (χ4n) is 13.3. The molecule has 2 heterocycles. The van der Waals surface area contributed by atoms with Crippen LogP contribution in [0.3, 0.4) is 0 Å². The van der Waals surface area contributed by atoms with Gasteiger partial charge in [-0.25, -0.2) is 0 Å². The van der Waals surface area contributed by atoms with Crippen molar-refractivity contribution in [3.8, 4) is 0 Å². The van der Waals surface area contributed by atoms with Crippen LogP contribution < -0.4 is 0 Å². The summed E-state index contributed by atoms with van der Waals surface area (Å²) in [5, 5.41) is 64.6. The minimum atomic E-state index is -1.48. The minimum absolute atomic E-state index is 0.0845. The quantitative estimate of drug-likeness (QED) is 0.178. The van der Waals surface area contributed by atoms with Crippen LogP contribution >= 0.6 is 0 Å². The van der Waals surface area contributed by atoms with Gasteiger partial charge in [-0.3, -0.25) is 4.79 Å². The highest BCUT2D eigenvalue weighted by Gasteiger charge is 2.83.